The molecule has 188 valence electrons. The lowest BCUT2D eigenvalue weighted by atomic mass is 9.66. The van der Waals surface area contributed by atoms with Gasteiger partial charge in [0.1, 0.15) is 12.6 Å². The molecular weight excluding hydrogens is 488 g/mol. The van der Waals surface area contributed by atoms with Crippen molar-refractivity contribution in [2.45, 2.75) is 35.8 Å². The number of amides is 2. The van der Waals surface area contributed by atoms with Crippen LogP contribution in [0.2, 0.25) is 5.02 Å². The number of hydrogen-bond acceptors (Lipinski definition) is 6. The van der Waals surface area contributed by atoms with Crippen LogP contribution < -0.4 is 4.90 Å². The van der Waals surface area contributed by atoms with E-state index in [1.165, 1.54) is 6.08 Å². The lowest BCUT2D eigenvalue weighted by molar-refractivity contribution is -0.153. The highest BCUT2D eigenvalue weighted by Gasteiger charge is 2.76. The molecule has 6 atom stereocenters. The Hall–Kier alpha value is -2.29. The molecule has 3 fully saturated rings. The number of carbonyl (C=O) groups is 3. The Balaban J connectivity index is 1.79. The largest absolute Gasteiger partial charge is 0.461 e. The number of carbonyl (C=O) groups excluding carboxylic acids is 3. The number of thioether (sulfide) groups is 1. The minimum absolute atomic E-state index is 0.0276. The molecule has 4 rings (SSSR count). The molecule has 3 aliphatic rings. The van der Waals surface area contributed by atoms with Gasteiger partial charge in [-0.05, 0) is 30.9 Å². The van der Waals surface area contributed by atoms with Crippen LogP contribution in [-0.2, 0) is 19.1 Å². The van der Waals surface area contributed by atoms with Crippen molar-refractivity contribution in [3.05, 3.63) is 54.6 Å². The zero-order valence-electron chi connectivity index (χ0n) is 19.8. The minimum atomic E-state index is -0.801. The quantitative estimate of drug-likeness (QED) is 0.378. The molecule has 0 radical (unpaired) electrons. The van der Waals surface area contributed by atoms with E-state index in [0.717, 1.165) is 0 Å². The number of fused-ring (bicyclic) bond motifs is 1. The predicted octanol–water partition coefficient (Wildman–Crippen LogP) is 3.31. The Kier molecular flexibility index (Phi) is 7.64. The molecule has 3 aliphatic heterocycles. The summed E-state index contributed by atoms with van der Waals surface area (Å²) in [4.78, 5) is 44.5. The maximum Gasteiger partial charge on any atom is 0.311 e. The molecule has 7 nitrogen and oxygen atoms in total. The average Bonchev–Trinajstić information content (AvgIpc) is 3.43. The van der Waals surface area contributed by atoms with Gasteiger partial charge in [-0.2, -0.15) is 0 Å². The van der Waals surface area contributed by atoms with Gasteiger partial charge in [0.05, 0.1) is 27.3 Å². The van der Waals surface area contributed by atoms with E-state index < -0.39 is 28.6 Å². The van der Waals surface area contributed by atoms with E-state index in [2.05, 4.69) is 20.1 Å². The Morgan fingerprint density at radius 3 is 2.74 bits per heavy atom. The van der Waals surface area contributed by atoms with E-state index in [0.29, 0.717) is 23.6 Å². The maximum absolute atomic E-state index is 14.3. The fourth-order valence-electron chi connectivity index (χ4n) is 6.04. The van der Waals surface area contributed by atoms with Crippen LogP contribution in [0.15, 0.2) is 49.6 Å². The van der Waals surface area contributed by atoms with Crippen molar-refractivity contribution in [2.24, 2.45) is 17.8 Å². The summed E-state index contributed by atoms with van der Waals surface area (Å²) in [6, 6.07) is 6.28. The molecule has 0 aromatic heterocycles. The monoisotopic (exact) mass is 518 g/mol. The molecule has 3 saturated heterocycles. The van der Waals surface area contributed by atoms with Gasteiger partial charge in [-0.25, -0.2) is 0 Å². The summed E-state index contributed by atoms with van der Waals surface area (Å²) in [7, 11) is 0. The zero-order chi connectivity index (χ0) is 25.3. The average molecular weight is 519 g/mol. The van der Waals surface area contributed by atoms with Gasteiger partial charge in [-0.15, -0.1) is 18.3 Å². The number of halogens is 1. The van der Waals surface area contributed by atoms with Crippen LogP contribution in [0, 0.1) is 17.8 Å². The molecule has 2 bridgehead atoms. The number of nitrogens with zero attached hydrogens (tertiary/aromatic N) is 2. The molecule has 0 saturated carbocycles. The third-order valence-corrected chi connectivity index (χ3v) is 9.77. The molecule has 0 aliphatic carbocycles. The Morgan fingerprint density at radius 2 is 2.09 bits per heavy atom. The maximum atomic E-state index is 14.3. The second-order valence-electron chi connectivity index (χ2n) is 9.27. The van der Waals surface area contributed by atoms with Crippen molar-refractivity contribution >= 4 is 46.8 Å². The van der Waals surface area contributed by atoms with Crippen molar-refractivity contribution in [1.29, 1.82) is 0 Å². The van der Waals surface area contributed by atoms with Crippen LogP contribution >= 0.6 is 23.4 Å². The number of hydrogen-bond donors (Lipinski definition) is 1. The number of benzene rings is 1. The summed E-state index contributed by atoms with van der Waals surface area (Å²) < 4.78 is 4.62. The van der Waals surface area contributed by atoms with Gasteiger partial charge < -0.3 is 19.6 Å². The Morgan fingerprint density at radius 1 is 1.34 bits per heavy atom. The molecular formula is C26H31ClN2O5S. The van der Waals surface area contributed by atoms with Crippen LogP contribution in [0.3, 0.4) is 0 Å². The summed E-state index contributed by atoms with van der Waals surface area (Å²) in [5.74, 6) is -2.16. The van der Waals surface area contributed by atoms with Gasteiger partial charge in [0.2, 0.25) is 5.91 Å². The first-order valence-electron chi connectivity index (χ1n) is 11.9. The molecule has 1 N–H and O–H groups in total. The molecule has 3 heterocycles. The number of rotatable bonds is 10. The number of likely N-dealkylation sites (tertiary alicyclic amines) is 1. The predicted molar refractivity (Wildman–Crippen MR) is 137 cm³/mol. The van der Waals surface area contributed by atoms with E-state index >= 15 is 0 Å². The molecule has 1 aromatic rings. The zero-order valence-corrected chi connectivity index (χ0v) is 21.3. The summed E-state index contributed by atoms with van der Waals surface area (Å²) in [5, 5.41) is 9.84. The fourth-order valence-corrected chi connectivity index (χ4v) is 8.68. The fraction of sp³-hybridized carbons (Fsp3) is 0.500. The summed E-state index contributed by atoms with van der Waals surface area (Å²) >= 11 is 8.05. The van der Waals surface area contributed by atoms with Gasteiger partial charge >= 0.3 is 5.97 Å². The molecule has 3 unspecified atom stereocenters. The van der Waals surface area contributed by atoms with E-state index in [1.807, 2.05) is 0 Å². The topological polar surface area (TPSA) is 87.1 Å². The minimum Gasteiger partial charge on any atom is -0.461 e. The first-order valence-corrected chi connectivity index (χ1v) is 13.1. The van der Waals surface area contributed by atoms with Gasteiger partial charge in [-0.3, -0.25) is 14.4 Å². The summed E-state index contributed by atoms with van der Waals surface area (Å²) in [5.41, 5.74) is 0.542. The second kappa shape index (κ2) is 10.4. The van der Waals surface area contributed by atoms with Crippen molar-refractivity contribution < 1.29 is 24.2 Å². The molecule has 1 spiro atoms. The number of para-hydroxylation sites is 1. The number of aliphatic hydroxyl groups is 1. The van der Waals surface area contributed by atoms with Crippen LogP contribution in [-0.4, -0.2) is 70.1 Å². The normalized spacial score (nSPS) is 30.8. The van der Waals surface area contributed by atoms with Crippen LogP contribution in [0.5, 0.6) is 0 Å². The number of esters is 1. The van der Waals surface area contributed by atoms with Gasteiger partial charge in [-0.1, -0.05) is 49.4 Å². The van der Waals surface area contributed by atoms with Crippen molar-refractivity contribution in [1.82, 2.24) is 4.90 Å². The van der Waals surface area contributed by atoms with E-state index in [-0.39, 0.29) is 49.3 Å². The lowest BCUT2D eigenvalue weighted by Gasteiger charge is -2.40. The van der Waals surface area contributed by atoms with Crippen molar-refractivity contribution in [3.63, 3.8) is 0 Å². The highest BCUT2D eigenvalue weighted by Crippen LogP contribution is 2.68. The molecule has 9 heteroatoms. The summed E-state index contributed by atoms with van der Waals surface area (Å²) in [6.45, 7) is 9.88. The number of ether oxygens (including phenoxy) is 1. The van der Waals surface area contributed by atoms with E-state index in [1.54, 1.807) is 51.9 Å². The number of anilines is 1. The summed E-state index contributed by atoms with van der Waals surface area (Å²) in [6.07, 6.45) is 4.18. The van der Waals surface area contributed by atoms with E-state index in [4.69, 9.17) is 16.3 Å². The number of aliphatic hydroxyl groups excluding tert-OH is 1. The van der Waals surface area contributed by atoms with Crippen LogP contribution in [0.1, 0.15) is 19.8 Å². The second-order valence-corrected chi connectivity index (χ2v) is 11.2. The lowest BCUT2D eigenvalue weighted by Crippen LogP contribution is -2.57. The van der Waals surface area contributed by atoms with Crippen LogP contribution in [0.25, 0.3) is 0 Å². The van der Waals surface area contributed by atoms with Crippen molar-refractivity contribution in [3.8, 4) is 0 Å². The third-order valence-electron chi connectivity index (χ3n) is 7.37. The molecule has 1 aromatic carbocycles. The molecule has 2 amide bonds. The van der Waals surface area contributed by atoms with Crippen molar-refractivity contribution in [2.75, 3.05) is 31.2 Å². The smallest absolute Gasteiger partial charge is 0.311 e. The van der Waals surface area contributed by atoms with Crippen LogP contribution in [0.4, 0.5) is 5.69 Å². The Bertz CT molecular complexity index is 1030. The SMILES string of the molecule is C=CCOC(=O)[C@@H]1[C@H]2C(=O)N(CCCO)C(C(=O)N(CC=C)c3ccccc3Cl)C23S[C@@H]1CC3C. The standard InChI is InChI=1S/C26H31ClN2O5S/c1-4-11-28(18-10-7-6-9-17(18)27)24(32)22-26-16(3)15-19(35-26)20(25(33)34-14-5-2)21(26)23(31)29(22)12-8-13-30/h4-7,9-10,16,19-22,30H,1-2,8,11-15H2,3H3/t16?,19-,20+,21+,22?,26?/m1/s1. The highest BCUT2D eigenvalue weighted by atomic mass is 35.5. The van der Waals surface area contributed by atoms with E-state index in [9.17, 15) is 19.5 Å². The third kappa shape index (κ3) is 4.09. The van der Waals surface area contributed by atoms with Gasteiger partial charge in [0.25, 0.3) is 5.91 Å². The molecule has 35 heavy (non-hydrogen) atoms. The Labute approximate surface area is 215 Å². The van der Waals surface area contributed by atoms with Gasteiger partial charge in [0.15, 0.2) is 0 Å². The first-order chi connectivity index (χ1) is 16.8. The first kappa shape index (κ1) is 25.8. The highest BCUT2D eigenvalue weighted by molar-refractivity contribution is 8.02. The van der Waals surface area contributed by atoms with Gasteiger partial charge in [0, 0.05) is 24.9 Å².